The molecule has 0 aliphatic heterocycles. The number of pyridine rings is 2. The number of hydrogen-bond donors (Lipinski definition) is 2. The van der Waals surface area contributed by atoms with Crippen LogP contribution in [-0.4, -0.2) is 29.2 Å². The molecule has 2 aromatic heterocycles. The minimum Gasteiger partial charge on any atom is -0.507 e. The highest BCUT2D eigenvalue weighted by Gasteiger charge is 2.11. The van der Waals surface area contributed by atoms with Gasteiger partial charge in [-0.1, -0.05) is 6.92 Å². The van der Waals surface area contributed by atoms with Crippen molar-refractivity contribution in [2.75, 3.05) is 19.0 Å². The van der Waals surface area contributed by atoms with Crippen molar-refractivity contribution in [3.05, 3.63) is 40.3 Å². The van der Waals surface area contributed by atoms with Gasteiger partial charge < -0.3 is 15.0 Å². The lowest BCUT2D eigenvalue weighted by Crippen LogP contribution is -2.11. The van der Waals surface area contributed by atoms with Gasteiger partial charge in [0, 0.05) is 37.5 Å². The maximum Gasteiger partial charge on any atom is 0.252 e. The highest BCUT2D eigenvalue weighted by molar-refractivity contribution is 5.66. The quantitative estimate of drug-likeness (QED) is 0.881. The second-order valence-electron chi connectivity index (χ2n) is 4.53. The first-order chi connectivity index (χ1) is 9.02. The molecule has 100 valence electrons. The monoisotopic (exact) mass is 259 g/mol. The van der Waals surface area contributed by atoms with E-state index in [1.807, 2.05) is 38.1 Å². The Morgan fingerprint density at radius 2 is 2.11 bits per heavy atom. The molecule has 0 bridgehead atoms. The fraction of sp³-hybridized carbons (Fsp3) is 0.286. The lowest BCUT2D eigenvalue weighted by atomic mass is 10.0. The molecule has 5 heteroatoms. The first kappa shape index (κ1) is 13.1. The summed E-state index contributed by atoms with van der Waals surface area (Å²) in [6.07, 6.45) is 2.33. The van der Waals surface area contributed by atoms with E-state index in [2.05, 4.69) is 9.97 Å². The minimum absolute atomic E-state index is 0.0259. The maximum absolute atomic E-state index is 11.5. The van der Waals surface area contributed by atoms with Crippen molar-refractivity contribution in [2.45, 2.75) is 13.3 Å². The number of hydrogen-bond acceptors (Lipinski definition) is 4. The number of nitrogens with zero attached hydrogens (tertiary/aromatic N) is 2. The van der Waals surface area contributed by atoms with Crippen LogP contribution in [-0.2, 0) is 6.42 Å². The zero-order valence-corrected chi connectivity index (χ0v) is 11.3. The molecule has 2 aromatic rings. The molecule has 19 heavy (non-hydrogen) atoms. The van der Waals surface area contributed by atoms with Crippen LogP contribution in [0.5, 0.6) is 5.75 Å². The Hall–Kier alpha value is -2.30. The van der Waals surface area contributed by atoms with Crippen LogP contribution in [0.1, 0.15) is 12.5 Å². The second kappa shape index (κ2) is 5.14. The van der Waals surface area contributed by atoms with Gasteiger partial charge in [0.2, 0.25) is 0 Å². The molecular formula is C14H17N3O2. The van der Waals surface area contributed by atoms with Crippen molar-refractivity contribution >= 4 is 5.82 Å². The van der Waals surface area contributed by atoms with Crippen LogP contribution < -0.4 is 10.5 Å². The average Bonchev–Trinajstić information content (AvgIpc) is 2.38. The summed E-state index contributed by atoms with van der Waals surface area (Å²) in [5.41, 5.74) is 1.82. The van der Waals surface area contributed by atoms with Crippen molar-refractivity contribution in [1.82, 2.24) is 9.97 Å². The third-order valence-corrected chi connectivity index (χ3v) is 2.98. The van der Waals surface area contributed by atoms with E-state index in [1.54, 1.807) is 6.20 Å². The number of aromatic hydroxyl groups is 1. The molecule has 0 amide bonds. The lowest BCUT2D eigenvalue weighted by Gasteiger charge is -2.13. The molecule has 2 N–H and O–H groups in total. The van der Waals surface area contributed by atoms with Gasteiger partial charge in [-0.05, 0) is 18.6 Å². The maximum atomic E-state index is 11.5. The highest BCUT2D eigenvalue weighted by atomic mass is 16.3. The van der Waals surface area contributed by atoms with E-state index in [0.717, 1.165) is 16.9 Å². The molecule has 2 heterocycles. The molecule has 0 saturated heterocycles. The Kier molecular flexibility index (Phi) is 3.55. The molecule has 0 aliphatic rings. The van der Waals surface area contributed by atoms with Gasteiger partial charge in [0.1, 0.15) is 11.6 Å². The van der Waals surface area contributed by atoms with E-state index in [4.69, 9.17) is 0 Å². The fourth-order valence-electron chi connectivity index (χ4n) is 1.98. The minimum atomic E-state index is -0.318. The molecule has 0 atom stereocenters. The normalized spacial score (nSPS) is 10.5. The Morgan fingerprint density at radius 1 is 1.37 bits per heavy atom. The van der Waals surface area contributed by atoms with Gasteiger partial charge >= 0.3 is 0 Å². The molecule has 0 radical (unpaired) electrons. The number of aromatic amines is 1. The summed E-state index contributed by atoms with van der Waals surface area (Å²) in [7, 11) is 3.82. The molecule has 0 aliphatic carbocycles. The molecular weight excluding hydrogens is 242 g/mol. The number of H-pyrrole nitrogens is 1. The summed E-state index contributed by atoms with van der Waals surface area (Å²) in [5.74, 6) is 0.863. The number of nitrogens with one attached hydrogen (secondary N) is 1. The van der Waals surface area contributed by atoms with Gasteiger partial charge in [-0.25, -0.2) is 4.98 Å². The highest BCUT2D eigenvalue weighted by Crippen LogP contribution is 2.27. The first-order valence-corrected chi connectivity index (χ1v) is 6.11. The van der Waals surface area contributed by atoms with Gasteiger partial charge in [-0.15, -0.1) is 0 Å². The van der Waals surface area contributed by atoms with Crippen molar-refractivity contribution < 1.29 is 5.11 Å². The van der Waals surface area contributed by atoms with Gasteiger partial charge in [0.05, 0.1) is 5.69 Å². The van der Waals surface area contributed by atoms with Crippen LogP contribution in [0, 0.1) is 0 Å². The molecule has 0 unspecified atom stereocenters. The summed E-state index contributed by atoms with van der Waals surface area (Å²) in [4.78, 5) is 20.5. The van der Waals surface area contributed by atoms with E-state index < -0.39 is 0 Å². The van der Waals surface area contributed by atoms with Gasteiger partial charge in [-0.3, -0.25) is 4.79 Å². The van der Waals surface area contributed by atoms with Crippen molar-refractivity contribution in [3.63, 3.8) is 0 Å². The van der Waals surface area contributed by atoms with Crippen LogP contribution in [0.4, 0.5) is 5.82 Å². The van der Waals surface area contributed by atoms with Crippen LogP contribution in [0.25, 0.3) is 11.3 Å². The fourth-order valence-corrected chi connectivity index (χ4v) is 1.98. The van der Waals surface area contributed by atoms with Gasteiger partial charge in [0.15, 0.2) is 0 Å². The van der Waals surface area contributed by atoms with Crippen LogP contribution in [0.2, 0.25) is 0 Å². The second-order valence-corrected chi connectivity index (χ2v) is 4.53. The van der Waals surface area contributed by atoms with E-state index in [0.29, 0.717) is 12.1 Å². The van der Waals surface area contributed by atoms with E-state index in [-0.39, 0.29) is 11.3 Å². The zero-order valence-electron chi connectivity index (χ0n) is 11.3. The number of rotatable bonds is 3. The molecule has 0 saturated carbocycles. The summed E-state index contributed by atoms with van der Waals surface area (Å²) in [6, 6.07) is 4.95. The average molecular weight is 259 g/mol. The van der Waals surface area contributed by atoms with E-state index >= 15 is 0 Å². The largest absolute Gasteiger partial charge is 0.507 e. The zero-order chi connectivity index (χ0) is 14.0. The van der Waals surface area contributed by atoms with Gasteiger partial charge in [0.25, 0.3) is 5.56 Å². The van der Waals surface area contributed by atoms with E-state index in [9.17, 15) is 9.90 Å². The van der Waals surface area contributed by atoms with Gasteiger partial charge in [-0.2, -0.15) is 0 Å². The summed E-state index contributed by atoms with van der Waals surface area (Å²) < 4.78 is 0. The molecule has 0 aromatic carbocycles. The predicted octanol–water partition coefficient (Wildman–Crippen LogP) is 1.77. The van der Waals surface area contributed by atoms with Crippen molar-refractivity contribution in [1.29, 1.82) is 0 Å². The standard InChI is InChI=1S/C14H17N3O2/c1-4-10-11(18)7-13(19)16-14(10)9-5-6-12(15-8-9)17(2)3/h5-8H,4H2,1-3H3,(H2,16,18,19). The molecule has 2 rings (SSSR count). The van der Waals surface area contributed by atoms with Crippen molar-refractivity contribution in [3.8, 4) is 17.0 Å². The summed E-state index contributed by atoms with van der Waals surface area (Å²) >= 11 is 0. The van der Waals surface area contributed by atoms with E-state index in [1.165, 1.54) is 6.07 Å². The Labute approximate surface area is 111 Å². The lowest BCUT2D eigenvalue weighted by molar-refractivity contribution is 0.467. The van der Waals surface area contributed by atoms with Crippen molar-refractivity contribution in [2.24, 2.45) is 0 Å². The predicted molar refractivity (Wildman–Crippen MR) is 75.7 cm³/mol. The first-order valence-electron chi connectivity index (χ1n) is 6.11. The van der Waals surface area contributed by atoms with Crippen LogP contribution >= 0.6 is 0 Å². The SMILES string of the molecule is CCc1c(O)cc(=O)[nH]c1-c1ccc(N(C)C)nc1. The van der Waals surface area contributed by atoms with Crippen LogP contribution in [0.3, 0.4) is 0 Å². The number of aromatic nitrogens is 2. The molecule has 0 spiro atoms. The number of anilines is 1. The Morgan fingerprint density at radius 3 is 2.63 bits per heavy atom. The summed E-state index contributed by atoms with van der Waals surface area (Å²) in [6.45, 7) is 1.93. The Bertz CT molecular complexity index is 630. The molecule has 0 fully saturated rings. The van der Waals surface area contributed by atoms with Crippen LogP contribution in [0.15, 0.2) is 29.2 Å². The topological polar surface area (TPSA) is 69.2 Å². The summed E-state index contributed by atoms with van der Waals surface area (Å²) in [5, 5.41) is 9.83. The third-order valence-electron chi connectivity index (χ3n) is 2.98. The Balaban J connectivity index is 2.55. The molecule has 5 nitrogen and oxygen atoms in total. The third kappa shape index (κ3) is 2.59. The smallest absolute Gasteiger partial charge is 0.252 e.